The molecular weight excluding hydrogens is 331 g/mol. The van der Waals surface area contributed by atoms with Crippen LogP contribution in [0.1, 0.15) is 29.4 Å². The summed E-state index contributed by atoms with van der Waals surface area (Å²) in [5.41, 5.74) is 2.17. The van der Waals surface area contributed by atoms with Gasteiger partial charge in [0.05, 0.1) is 23.1 Å². The van der Waals surface area contributed by atoms with Gasteiger partial charge >= 0.3 is 0 Å². The second-order valence-electron chi connectivity index (χ2n) is 6.45. The topological polar surface area (TPSA) is 66.0 Å². The Morgan fingerprint density at radius 1 is 1.15 bits per heavy atom. The number of aromatic nitrogens is 2. The third-order valence-corrected chi connectivity index (χ3v) is 4.66. The van der Waals surface area contributed by atoms with Gasteiger partial charge in [-0.25, -0.2) is 4.39 Å². The Bertz CT molecular complexity index is 945. The van der Waals surface area contributed by atoms with E-state index in [1.165, 1.54) is 11.6 Å². The van der Waals surface area contributed by atoms with Crippen molar-refractivity contribution >= 4 is 0 Å². The Kier molecular flexibility index (Phi) is 4.46. The van der Waals surface area contributed by atoms with E-state index in [0.717, 1.165) is 26.1 Å². The Balaban J connectivity index is 1.42. The van der Waals surface area contributed by atoms with Crippen molar-refractivity contribution in [3.63, 3.8) is 0 Å². The molecule has 1 saturated heterocycles. The summed E-state index contributed by atoms with van der Waals surface area (Å²) in [5, 5.41) is 17.0. The van der Waals surface area contributed by atoms with Crippen LogP contribution in [0, 0.1) is 17.1 Å². The average molecular weight is 348 g/mol. The molecule has 1 aliphatic heterocycles. The molecular formula is C20H17FN4O. The smallest absolute Gasteiger partial charge is 0.250 e. The standard InChI is InChI=1S/C20H17FN4O/c21-18-4-2-1-3-17(18)20-24-23-19(26-20)16-9-10-25(13-16)12-15-7-5-14(11-22)6-8-15/h1-8,16H,9-10,12-13H2/t16-/m0/s1. The predicted octanol–water partition coefficient (Wildman–Crippen LogP) is 3.74. The van der Waals surface area contributed by atoms with Gasteiger partial charge in [-0.1, -0.05) is 24.3 Å². The second-order valence-corrected chi connectivity index (χ2v) is 6.45. The number of nitrogens with zero attached hydrogens (tertiary/aromatic N) is 4. The van der Waals surface area contributed by atoms with Gasteiger partial charge in [-0.05, 0) is 42.8 Å². The second kappa shape index (κ2) is 7.06. The maximum Gasteiger partial charge on any atom is 0.250 e. The van der Waals surface area contributed by atoms with Crippen molar-refractivity contribution in [2.75, 3.05) is 13.1 Å². The molecule has 0 N–H and O–H groups in total. The molecule has 1 atom stereocenters. The molecule has 4 rings (SSSR count). The van der Waals surface area contributed by atoms with Crippen molar-refractivity contribution in [3.05, 3.63) is 71.4 Å². The molecule has 0 saturated carbocycles. The van der Waals surface area contributed by atoms with Crippen molar-refractivity contribution in [2.45, 2.75) is 18.9 Å². The largest absolute Gasteiger partial charge is 0.420 e. The van der Waals surface area contributed by atoms with E-state index in [9.17, 15) is 4.39 Å². The van der Waals surface area contributed by atoms with Gasteiger partial charge in [0.25, 0.3) is 5.89 Å². The van der Waals surface area contributed by atoms with Crippen molar-refractivity contribution in [2.24, 2.45) is 0 Å². The van der Waals surface area contributed by atoms with E-state index in [-0.39, 0.29) is 17.6 Å². The summed E-state index contributed by atoms with van der Waals surface area (Å²) in [6, 6.07) is 16.2. The Morgan fingerprint density at radius 2 is 1.96 bits per heavy atom. The SMILES string of the molecule is N#Cc1ccc(CN2CC[C@H](c3nnc(-c4ccccc4F)o3)C2)cc1. The van der Waals surface area contributed by atoms with E-state index < -0.39 is 0 Å². The molecule has 5 nitrogen and oxygen atoms in total. The number of hydrogen-bond donors (Lipinski definition) is 0. The molecule has 0 radical (unpaired) electrons. The summed E-state index contributed by atoms with van der Waals surface area (Å²) in [4.78, 5) is 2.32. The van der Waals surface area contributed by atoms with Gasteiger partial charge in [0.15, 0.2) is 0 Å². The minimum atomic E-state index is -0.364. The van der Waals surface area contributed by atoms with Gasteiger partial charge < -0.3 is 4.42 Å². The molecule has 0 aliphatic carbocycles. The summed E-state index contributed by atoms with van der Waals surface area (Å²) in [5.74, 6) is 0.576. The van der Waals surface area contributed by atoms with E-state index in [1.54, 1.807) is 18.2 Å². The Morgan fingerprint density at radius 3 is 2.73 bits per heavy atom. The molecule has 26 heavy (non-hydrogen) atoms. The van der Waals surface area contributed by atoms with E-state index >= 15 is 0 Å². The molecule has 3 aromatic rings. The van der Waals surface area contributed by atoms with Crippen LogP contribution in [0.25, 0.3) is 11.5 Å². The fourth-order valence-electron chi connectivity index (χ4n) is 3.26. The zero-order chi connectivity index (χ0) is 17.9. The van der Waals surface area contributed by atoms with Crippen LogP contribution in [-0.2, 0) is 6.54 Å². The highest BCUT2D eigenvalue weighted by Crippen LogP contribution is 2.30. The summed E-state index contributed by atoms with van der Waals surface area (Å²) < 4.78 is 19.6. The molecule has 0 spiro atoms. The summed E-state index contributed by atoms with van der Waals surface area (Å²) in [6.45, 7) is 2.57. The first-order valence-corrected chi connectivity index (χ1v) is 8.52. The van der Waals surface area contributed by atoms with E-state index in [1.807, 2.05) is 24.3 Å². The van der Waals surface area contributed by atoms with Crippen LogP contribution in [0.15, 0.2) is 52.9 Å². The first kappa shape index (κ1) is 16.4. The highest BCUT2D eigenvalue weighted by Gasteiger charge is 2.28. The molecule has 1 fully saturated rings. The van der Waals surface area contributed by atoms with Gasteiger partial charge in [-0.15, -0.1) is 10.2 Å². The molecule has 2 heterocycles. The molecule has 0 unspecified atom stereocenters. The maximum absolute atomic E-state index is 13.9. The van der Waals surface area contributed by atoms with E-state index in [4.69, 9.17) is 9.68 Å². The van der Waals surface area contributed by atoms with E-state index in [0.29, 0.717) is 17.0 Å². The van der Waals surface area contributed by atoms with Crippen LogP contribution >= 0.6 is 0 Å². The third kappa shape index (κ3) is 3.35. The predicted molar refractivity (Wildman–Crippen MR) is 93.5 cm³/mol. The highest BCUT2D eigenvalue weighted by atomic mass is 19.1. The lowest BCUT2D eigenvalue weighted by Gasteiger charge is -2.15. The fourth-order valence-corrected chi connectivity index (χ4v) is 3.26. The minimum Gasteiger partial charge on any atom is -0.420 e. The summed E-state index contributed by atoms with van der Waals surface area (Å²) in [6.07, 6.45) is 0.926. The van der Waals surface area contributed by atoms with Crippen LogP contribution in [-0.4, -0.2) is 28.2 Å². The minimum absolute atomic E-state index is 0.154. The number of nitriles is 1. The molecule has 6 heteroatoms. The third-order valence-electron chi connectivity index (χ3n) is 4.66. The normalized spacial score (nSPS) is 17.3. The Hall–Kier alpha value is -3.04. The number of likely N-dealkylation sites (tertiary alicyclic amines) is 1. The molecule has 130 valence electrons. The Labute approximate surface area is 150 Å². The lowest BCUT2D eigenvalue weighted by molar-refractivity contribution is 0.320. The van der Waals surface area contributed by atoms with Gasteiger partial charge in [0.1, 0.15) is 5.82 Å². The van der Waals surface area contributed by atoms with E-state index in [2.05, 4.69) is 21.2 Å². The monoisotopic (exact) mass is 348 g/mol. The fraction of sp³-hybridized carbons (Fsp3) is 0.250. The van der Waals surface area contributed by atoms with Crippen LogP contribution < -0.4 is 0 Å². The van der Waals surface area contributed by atoms with Gasteiger partial charge in [-0.2, -0.15) is 5.26 Å². The van der Waals surface area contributed by atoms with Crippen LogP contribution in [0.5, 0.6) is 0 Å². The van der Waals surface area contributed by atoms with Crippen molar-refractivity contribution < 1.29 is 8.81 Å². The number of benzene rings is 2. The average Bonchev–Trinajstić information content (AvgIpc) is 3.32. The van der Waals surface area contributed by atoms with Crippen LogP contribution in [0.2, 0.25) is 0 Å². The number of halogens is 1. The lowest BCUT2D eigenvalue weighted by Crippen LogP contribution is -2.19. The first-order valence-electron chi connectivity index (χ1n) is 8.52. The number of hydrogen-bond acceptors (Lipinski definition) is 5. The van der Waals surface area contributed by atoms with Crippen molar-refractivity contribution in [3.8, 4) is 17.5 Å². The quantitative estimate of drug-likeness (QED) is 0.719. The van der Waals surface area contributed by atoms with Crippen LogP contribution in [0.3, 0.4) is 0 Å². The van der Waals surface area contributed by atoms with Gasteiger partial charge in [0.2, 0.25) is 5.89 Å². The molecule has 0 bridgehead atoms. The van der Waals surface area contributed by atoms with Crippen LogP contribution in [0.4, 0.5) is 4.39 Å². The van der Waals surface area contributed by atoms with Crippen molar-refractivity contribution in [1.29, 1.82) is 5.26 Å². The van der Waals surface area contributed by atoms with Gasteiger partial charge in [0, 0.05) is 13.1 Å². The lowest BCUT2D eigenvalue weighted by atomic mass is 10.1. The summed E-state index contributed by atoms with van der Waals surface area (Å²) >= 11 is 0. The molecule has 1 aliphatic rings. The highest BCUT2D eigenvalue weighted by molar-refractivity contribution is 5.53. The molecule has 0 amide bonds. The molecule has 2 aromatic carbocycles. The molecule has 1 aromatic heterocycles. The maximum atomic E-state index is 13.9. The first-order chi connectivity index (χ1) is 12.7. The van der Waals surface area contributed by atoms with Gasteiger partial charge in [-0.3, -0.25) is 4.90 Å². The summed E-state index contributed by atoms with van der Waals surface area (Å²) in [7, 11) is 0. The van der Waals surface area contributed by atoms with Crippen molar-refractivity contribution in [1.82, 2.24) is 15.1 Å². The zero-order valence-electron chi connectivity index (χ0n) is 14.1. The number of rotatable bonds is 4. The zero-order valence-corrected chi connectivity index (χ0v) is 14.1.